The molecule has 0 radical (unpaired) electrons. The number of nitro benzene ring substituents is 1. The Balaban J connectivity index is 2.06. The Hall–Kier alpha value is -3.33. The van der Waals surface area contributed by atoms with E-state index < -0.39 is 10.8 Å². The van der Waals surface area contributed by atoms with E-state index >= 15 is 0 Å². The quantitative estimate of drug-likeness (QED) is 0.370. The van der Waals surface area contributed by atoms with Crippen molar-refractivity contribution in [3.63, 3.8) is 0 Å². The lowest BCUT2D eigenvalue weighted by molar-refractivity contribution is -0.385. The van der Waals surface area contributed by atoms with Crippen molar-refractivity contribution in [1.29, 1.82) is 0 Å². The van der Waals surface area contributed by atoms with Crippen molar-refractivity contribution in [1.82, 2.24) is 0 Å². The van der Waals surface area contributed by atoms with Gasteiger partial charge in [-0.2, -0.15) is 0 Å². The number of ether oxygens (including phenoxy) is 4. The van der Waals surface area contributed by atoms with E-state index in [9.17, 15) is 14.9 Å². The molecule has 9 heteroatoms. The number of benzene rings is 2. The number of carbonyl (C=O) groups is 1. The molecule has 1 heterocycles. The maximum atomic E-state index is 13.4. The first-order valence-electron chi connectivity index (χ1n) is 9.47. The smallest absolute Gasteiger partial charge is 0.286 e. The Morgan fingerprint density at radius 2 is 1.87 bits per heavy atom. The molecule has 0 saturated heterocycles. The Morgan fingerprint density at radius 1 is 1.10 bits per heavy atom. The topological polar surface area (TPSA) is 100 Å². The molecule has 0 N–H and O–H groups in total. The Morgan fingerprint density at radius 3 is 2.53 bits per heavy atom. The number of amides is 1. The molecule has 0 aliphatic carbocycles. The van der Waals surface area contributed by atoms with Gasteiger partial charge in [0.2, 0.25) is 0 Å². The summed E-state index contributed by atoms with van der Waals surface area (Å²) in [6.07, 6.45) is 1.54. The maximum absolute atomic E-state index is 13.4. The van der Waals surface area contributed by atoms with Crippen LogP contribution in [0.5, 0.6) is 17.2 Å². The molecule has 0 bridgehead atoms. The van der Waals surface area contributed by atoms with Crippen LogP contribution in [0.3, 0.4) is 0 Å². The molecular weight excluding hydrogens is 392 g/mol. The van der Waals surface area contributed by atoms with Crippen LogP contribution in [-0.2, 0) is 11.2 Å². The monoisotopic (exact) mass is 416 g/mol. The van der Waals surface area contributed by atoms with E-state index in [2.05, 4.69) is 0 Å². The van der Waals surface area contributed by atoms with Gasteiger partial charge in [0.15, 0.2) is 11.5 Å². The number of anilines is 1. The SMILES string of the molecule is COCCOc1cc([N+](=O)[O-])c(C(=O)N2CCCc3cccc(OC)c32)cc1OC. The molecule has 0 spiro atoms. The summed E-state index contributed by atoms with van der Waals surface area (Å²) in [6.45, 7) is 0.924. The normalized spacial score (nSPS) is 12.8. The first kappa shape index (κ1) is 21.4. The molecular formula is C21H24N2O7. The second-order valence-electron chi connectivity index (χ2n) is 6.65. The minimum Gasteiger partial charge on any atom is -0.495 e. The van der Waals surface area contributed by atoms with E-state index in [4.69, 9.17) is 18.9 Å². The zero-order chi connectivity index (χ0) is 21.7. The molecule has 160 valence electrons. The first-order chi connectivity index (χ1) is 14.5. The van der Waals surface area contributed by atoms with Gasteiger partial charge in [0.1, 0.15) is 17.9 Å². The predicted octanol–water partition coefficient (Wildman–Crippen LogP) is 3.23. The Bertz CT molecular complexity index is 931. The van der Waals surface area contributed by atoms with Gasteiger partial charge in [-0.05, 0) is 24.5 Å². The van der Waals surface area contributed by atoms with Gasteiger partial charge < -0.3 is 23.8 Å². The summed E-state index contributed by atoms with van der Waals surface area (Å²) >= 11 is 0. The number of hydrogen-bond acceptors (Lipinski definition) is 7. The number of nitrogens with zero attached hydrogens (tertiary/aromatic N) is 2. The fourth-order valence-electron chi connectivity index (χ4n) is 3.51. The van der Waals surface area contributed by atoms with Crippen LogP contribution in [0.2, 0.25) is 0 Å². The lowest BCUT2D eigenvalue weighted by Crippen LogP contribution is -2.36. The number of hydrogen-bond donors (Lipinski definition) is 0. The zero-order valence-corrected chi connectivity index (χ0v) is 17.2. The molecule has 9 nitrogen and oxygen atoms in total. The van der Waals surface area contributed by atoms with E-state index in [1.54, 1.807) is 6.07 Å². The average molecular weight is 416 g/mol. The molecule has 30 heavy (non-hydrogen) atoms. The maximum Gasteiger partial charge on any atom is 0.286 e. The highest BCUT2D eigenvalue weighted by atomic mass is 16.6. The van der Waals surface area contributed by atoms with E-state index in [1.165, 1.54) is 38.4 Å². The van der Waals surface area contributed by atoms with Gasteiger partial charge in [0.05, 0.1) is 37.5 Å². The van der Waals surface area contributed by atoms with Crippen molar-refractivity contribution in [2.24, 2.45) is 0 Å². The van der Waals surface area contributed by atoms with Crippen molar-refractivity contribution < 1.29 is 28.7 Å². The van der Waals surface area contributed by atoms with Crippen LogP contribution in [0.4, 0.5) is 11.4 Å². The number of carbonyl (C=O) groups excluding carboxylic acids is 1. The van der Waals surface area contributed by atoms with Crippen LogP contribution in [0.15, 0.2) is 30.3 Å². The lowest BCUT2D eigenvalue weighted by atomic mass is 9.99. The fraction of sp³-hybridized carbons (Fsp3) is 0.381. The van der Waals surface area contributed by atoms with Crippen molar-refractivity contribution in [2.75, 3.05) is 46.0 Å². The van der Waals surface area contributed by atoms with Gasteiger partial charge >= 0.3 is 0 Å². The zero-order valence-electron chi connectivity index (χ0n) is 17.2. The molecule has 0 unspecified atom stereocenters. The molecule has 2 aromatic rings. The van der Waals surface area contributed by atoms with Crippen molar-refractivity contribution >= 4 is 17.3 Å². The third-order valence-electron chi connectivity index (χ3n) is 4.90. The summed E-state index contributed by atoms with van der Waals surface area (Å²) in [4.78, 5) is 26.1. The van der Waals surface area contributed by atoms with E-state index in [1.807, 2.05) is 12.1 Å². The highest BCUT2D eigenvalue weighted by molar-refractivity contribution is 6.10. The van der Waals surface area contributed by atoms with Crippen molar-refractivity contribution in [2.45, 2.75) is 12.8 Å². The number of rotatable bonds is 8. The third kappa shape index (κ3) is 4.16. The number of aryl methyl sites for hydroxylation is 1. The average Bonchev–Trinajstić information content (AvgIpc) is 2.77. The predicted molar refractivity (Wildman–Crippen MR) is 110 cm³/mol. The minimum absolute atomic E-state index is 0.0744. The highest BCUT2D eigenvalue weighted by Gasteiger charge is 2.32. The molecule has 1 aliphatic heterocycles. The summed E-state index contributed by atoms with van der Waals surface area (Å²) in [5.74, 6) is 0.468. The largest absolute Gasteiger partial charge is 0.495 e. The minimum atomic E-state index is -0.594. The molecule has 3 rings (SSSR count). The summed E-state index contributed by atoms with van der Waals surface area (Å²) in [7, 11) is 4.47. The van der Waals surface area contributed by atoms with Crippen molar-refractivity contribution in [3.05, 3.63) is 51.6 Å². The van der Waals surface area contributed by atoms with Crippen LogP contribution >= 0.6 is 0 Å². The summed E-state index contributed by atoms with van der Waals surface area (Å²) in [5, 5.41) is 11.7. The molecule has 2 aromatic carbocycles. The molecule has 0 saturated carbocycles. The van der Waals surface area contributed by atoms with Gasteiger partial charge in [-0.1, -0.05) is 12.1 Å². The molecule has 0 fully saturated rings. The highest BCUT2D eigenvalue weighted by Crippen LogP contribution is 2.40. The van der Waals surface area contributed by atoms with E-state index in [0.717, 1.165) is 18.4 Å². The number of nitro groups is 1. The van der Waals surface area contributed by atoms with Gasteiger partial charge in [0, 0.05) is 19.7 Å². The summed E-state index contributed by atoms with van der Waals surface area (Å²) in [6, 6.07) is 8.13. The van der Waals surface area contributed by atoms with Crippen LogP contribution in [0.25, 0.3) is 0 Å². The van der Waals surface area contributed by atoms with Gasteiger partial charge in [0.25, 0.3) is 11.6 Å². The van der Waals surface area contributed by atoms with Crippen LogP contribution in [0, 0.1) is 10.1 Å². The van der Waals surface area contributed by atoms with E-state index in [0.29, 0.717) is 24.6 Å². The summed E-state index contributed by atoms with van der Waals surface area (Å²) < 4.78 is 21.2. The molecule has 0 aromatic heterocycles. The molecule has 0 atom stereocenters. The standard InChI is InChI=1S/C21H24N2O7/c1-27-10-11-30-19-13-16(23(25)26)15(12-18(19)29-3)21(24)22-9-5-7-14-6-4-8-17(28-2)20(14)22/h4,6,8,12-13H,5,7,9-11H2,1-3H3. The van der Waals surface area contributed by atoms with Gasteiger partial charge in [-0.25, -0.2) is 0 Å². The van der Waals surface area contributed by atoms with Gasteiger partial charge in [-0.15, -0.1) is 0 Å². The third-order valence-corrected chi connectivity index (χ3v) is 4.90. The van der Waals surface area contributed by atoms with Crippen LogP contribution in [0.1, 0.15) is 22.3 Å². The first-order valence-corrected chi connectivity index (χ1v) is 9.47. The van der Waals surface area contributed by atoms with Crippen LogP contribution < -0.4 is 19.1 Å². The summed E-state index contributed by atoms with van der Waals surface area (Å²) in [5.41, 5.74) is 1.18. The van der Waals surface area contributed by atoms with Crippen molar-refractivity contribution in [3.8, 4) is 17.2 Å². The Labute approximate surface area is 174 Å². The second-order valence-corrected chi connectivity index (χ2v) is 6.65. The Kier molecular flexibility index (Phi) is 6.73. The second kappa shape index (κ2) is 9.45. The van der Waals surface area contributed by atoms with Crippen LogP contribution in [-0.4, -0.2) is 51.9 Å². The molecule has 1 aliphatic rings. The molecule has 1 amide bonds. The van der Waals surface area contributed by atoms with Gasteiger partial charge in [-0.3, -0.25) is 14.9 Å². The number of para-hydroxylation sites is 1. The fourth-order valence-corrected chi connectivity index (χ4v) is 3.51. The number of methoxy groups -OCH3 is 3. The number of fused-ring (bicyclic) bond motifs is 1. The van der Waals surface area contributed by atoms with E-state index in [-0.39, 0.29) is 29.4 Å². The lowest BCUT2D eigenvalue weighted by Gasteiger charge is -2.31.